The lowest BCUT2D eigenvalue weighted by Gasteiger charge is -2.57. The molecule has 5 saturated carbocycles. The minimum atomic E-state index is 0.703. The van der Waals surface area contributed by atoms with Crippen LogP contribution < -0.4 is 21.3 Å². The molecule has 30 heavy (non-hydrogen) atoms. The Labute approximate surface area is 186 Å². The highest BCUT2D eigenvalue weighted by Crippen LogP contribution is 2.59. The number of hydrogen-bond acceptors (Lipinski definition) is 4. The van der Waals surface area contributed by atoms with Crippen LogP contribution in [0.15, 0.2) is 0 Å². The van der Waals surface area contributed by atoms with E-state index in [1.807, 2.05) is 0 Å². The van der Waals surface area contributed by atoms with Gasteiger partial charge in [-0.3, -0.25) is 0 Å². The Morgan fingerprint density at radius 1 is 0.600 bits per heavy atom. The molecule has 0 amide bonds. The number of hydrogen-bond donors (Lipinski definition) is 4. The van der Waals surface area contributed by atoms with Gasteiger partial charge in [-0.25, -0.2) is 0 Å². The SMILES string of the molecule is CCNCCCCNC[C@@H]1C[C@H]1CNCCCCNCC12CC3CC(CC(C3)C1)C2. The van der Waals surface area contributed by atoms with Crippen LogP contribution in [0.2, 0.25) is 0 Å². The van der Waals surface area contributed by atoms with Gasteiger partial charge in [0.15, 0.2) is 0 Å². The Balaban J connectivity index is 0.927. The molecule has 2 atom stereocenters. The molecular formula is C26H50N4. The van der Waals surface area contributed by atoms with Crippen molar-refractivity contribution in [3.05, 3.63) is 0 Å². The van der Waals surface area contributed by atoms with Crippen molar-refractivity contribution in [1.29, 1.82) is 0 Å². The van der Waals surface area contributed by atoms with Crippen LogP contribution in [0.25, 0.3) is 0 Å². The Bertz CT molecular complexity index is 458. The molecule has 0 radical (unpaired) electrons. The summed E-state index contributed by atoms with van der Waals surface area (Å²) in [5.41, 5.74) is 0.703. The van der Waals surface area contributed by atoms with E-state index in [4.69, 9.17) is 0 Å². The predicted molar refractivity (Wildman–Crippen MR) is 128 cm³/mol. The third-order valence-corrected chi connectivity index (χ3v) is 8.71. The zero-order valence-corrected chi connectivity index (χ0v) is 19.8. The van der Waals surface area contributed by atoms with Crippen LogP contribution in [0.4, 0.5) is 0 Å². The molecule has 0 aliphatic heterocycles. The summed E-state index contributed by atoms with van der Waals surface area (Å²) in [5, 5.41) is 14.7. The fraction of sp³-hybridized carbons (Fsp3) is 1.00. The number of rotatable bonds is 17. The fourth-order valence-corrected chi connectivity index (χ4v) is 7.42. The highest BCUT2D eigenvalue weighted by atomic mass is 14.9. The fourth-order valence-electron chi connectivity index (χ4n) is 7.42. The van der Waals surface area contributed by atoms with Crippen LogP contribution in [0, 0.1) is 35.0 Å². The maximum Gasteiger partial charge on any atom is 0.000811 e. The molecule has 4 nitrogen and oxygen atoms in total. The summed E-state index contributed by atoms with van der Waals surface area (Å²) >= 11 is 0. The van der Waals surface area contributed by atoms with Crippen LogP contribution >= 0.6 is 0 Å². The third-order valence-electron chi connectivity index (χ3n) is 8.71. The van der Waals surface area contributed by atoms with Gasteiger partial charge in [-0.1, -0.05) is 6.92 Å². The van der Waals surface area contributed by atoms with Gasteiger partial charge in [-0.15, -0.1) is 0 Å². The molecule has 174 valence electrons. The van der Waals surface area contributed by atoms with Crippen molar-refractivity contribution in [1.82, 2.24) is 21.3 Å². The van der Waals surface area contributed by atoms with Gasteiger partial charge in [0.05, 0.1) is 0 Å². The van der Waals surface area contributed by atoms with Crippen LogP contribution in [-0.2, 0) is 0 Å². The van der Waals surface area contributed by atoms with Gasteiger partial charge in [0.1, 0.15) is 0 Å². The van der Waals surface area contributed by atoms with E-state index in [1.165, 1.54) is 77.9 Å². The summed E-state index contributed by atoms with van der Waals surface area (Å²) in [6.07, 6.45) is 16.0. The highest BCUT2D eigenvalue weighted by molar-refractivity contribution is 5.02. The molecule has 5 rings (SSSR count). The van der Waals surface area contributed by atoms with Gasteiger partial charge in [-0.05, 0) is 151 Å². The minimum Gasteiger partial charge on any atom is -0.317 e. The van der Waals surface area contributed by atoms with Crippen molar-refractivity contribution in [2.75, 3.05) is 52.4 Å². The lowest BCUT2D eigenvalue weighted by atomic mass is 9.49. The molecule has 0 unspecified atom stereocenters. The number of nitrogens with one attached hydrogen (secondary N) is 4. The average Bonchev–Trinajstić information content (AvgIpc) is 3.46. The van der Waals surface area contributed by atoms with Crippen molar-refractivity contribution in [3.8, 4) is 0 Å². The van der Waals surface area contributed by atoms with E-state index >= 15 is 0 Å². The molecule has 0 aromatic carbocycles. The van der Waals surface area contributed by atoms with Gasteiger partial charge >= 0.3 is 0 Å². The topological polar surface area (TPSA) is 48.1 Å². The largest absolute Gasteiger partial charge is 0.317 e. The van der Waals surface area contributed by atoms with Gasteiger partial charge in [-0.2, -0.15) is 0 Å². The molecule has 4 bridgehead atoms. The zero-order chi connectivity index (χ0) is 20.7. The summed E-state index contributed by atoms with van der Waals surface area (Å²) in [6.45, 7) is 11.9. The number of unbranched alkanes of at least 4 members (excludes halogenated alkanes) is 2. The first-order valence-corrected chi connectivity index (χ1v) is 13.6. The van der Waals surface area contributed by atoms with E-state index in [0.717, 1.165) is 36.1 Å². The van der Waals surface area contributed by atoms with E-state index in [9.17, 15) is 0 Å². The first-order chi connectivity index (χ1) is 14.8. The molecule has 4 heteroatoms. The standard InChI is InChI=1S/C26H50N4/c1-2-27-7-3-4-8-28-18-24-14-25(24)19-29-9-5-6-10-30-20-26-15-21-11-22(16-26)13-23(12-21)17-26/h21-25,27-30H,2-20H2,1H3/t21?,22?,23?,24-,25-,26?/m0/s1. The van der Waals surface area contributed by atoms with E-state index in [-0.39, 0.29) is 0 Å². The summed E-state index contributed by atoms with van der Waals surface area (Å²) in [7, 11) is 0. The molecule has 5 aliphatic carbocycles. The smallest absolute Gasteiger partial charge is 0.000811 e. The lowest BCUT2D eigenvalue weighted by molar-refractivity contribution is -0.0512. The molecule has 0 saturated heterocycles. The molecule has 5 fully saturated rings. The quantitative estimate of drug-likeness (QED) is 0.272. The van der Waals surface area contributed by atoms with Crippen molar-refractivity contribution in [2.45, 2.75) is 77.6 Å². The van der Waals surface area contributed by atoms with Gasteiger partial charge in [0.25, 0.3) is 0 Å². The Kier molecular flexibility index (Phi) is 8.92. The second-order valence-electron chi connectivity index (χ2n) is 11.5. The Morgan fingerprint density at radius 2 is 1.07 bits per heavy atom. The summed E-state index contributed by atoms with van der Waals surface area (Å²) in [5.74, 6) is 5.15. The van der Waals surface area contributed by atoms with E-state index in [0.29, 0.717) is 5.41 Å². The molecule has 0 heterocycles. The molecule has 0 spiro atoms. The van der Waals surface area contributed by atoms with Crippen molar-refractivity contribution < 1.29 is 0 Å². The molecule has 5 aliphatic rings. The third kappa shape index (κ3) is 6.92. The van der Waals surface area contributed by atoms with E-state index in [2.05, 4.69) is 28.2 Å². The van der Waals surface area contributed by atoms with Crippen molar-refractivity contribution in [2.24, 2.45) is 35.0 Å². The minimum absolute atomic E-state index is 0.703. The van der Waals surface area contributed by atoms with E-state index < -0.39 is 0 Å². The summed E-state index contributed by atoms with van der Waals surface area (Å²) < 4.78 is 0. The highest BCUT2D eigenvalue weighted by Gasteiger charge is 2.50. The predicted octanol–water partition coefficient (Wildman–Crippen LogP) is 3.78. The zero-order valence-electron chi connectivity index (χ0n) is 19.8. The van der Waals surface area contributed by atoms with Gasteiger partial charge < -0.3 is 21.3 Å². The Hall–Kier alpha value is -0.160. The molecular weight excluding hydrogens is 368 g/mol. The van der Waals surface area contributed by atoms with Crippen LogP contribution in [-0.4, -0.2) is 52.4 Å². The lowest BCUT2D eigenvalue weighted by Crippen LogP contribution is -2.50. The normalized spacial score (nSPS) is 36.5. The van der Waals surface area contributed by atoms with Crippen LogP contribution in [0.3, 0.4) is 0 Å². The van der Waals surface area contributed by atoms with Crippen molar-refractivity contribution >= 4 is 0 Å². The average molecular weight is 419 g/mol. The second kappa shape index (κ2) is 11.6. The summed E-state index contributed by atoms with van der Waals surface area (Å²) in [6, 6.07) is 0. The maximum absolute atomic E-state index is 3.87. The van der Waals surface area contributed by atoms with Gasteiger partial charge in [0, 0.05) is 6.54 Å². The second-order valence-corrected chi connectivity index (χ2v) is 11.5. The molecule has 0 aromatic heterocycles. The molecule has 0 aromatic rings. The first-order valence-electron chi connectivity index (χ1n) is 13.6. The van der Waals surface area contributed by atoms with Crippen molar-refractivity contribution in [3.63, 3.8) is 0 Å². The van der Waals surface area contributed by atoms with Gasteiger partial charge in [0.2, 0.25) is 0 Å². The first kappa shape index (κ1) is 23.0. The molecule has 4 N–H and O–H groups in total. The maximum atomic E-state index is 3.87. The van der Waals surface area contributed by atoms with Crippen LogP contribution in [0.5, 0.6) is 0 Å². The van der Waals surface area contributed by atoms with E-state index in [1.54, 1.807) is 38.5 Å². The van der Waals surface area contributed by atoms with Crippen LogP contribution in [0.1, 0.15) is 77.6 Å². The summed E-state index contributed by atoms with van der Waals surface area (Å²) in [4.78, 5) is 0. The Morgan fingerprint density at radius 3 is 1.57 bits per heavy atom. The monoisotopic (exact) mass is 418 g/mol.